The molecule has 5 nitrogen and oxygen atoms in total. The van der Waals surface area contributed by atoms with Crippen molar-refractivity contribution in [2.45, 2.75) is 12.2 Å². The van der Waals surface area contributed by atoms with Crippen molar-refractivity contribution in [2.75, 3.05) is 51.0 Å². The Morgan fingerprint density at radius 3 is 2.53 bits per heavy atom. The van der Waals surface area contributed by atoms with E-state index in [1.807, 2.05) is 12.1 Å². The Bertz CT molecular complexity index is 448. The van der Waals surface area contributed by atoms with Gasteiger partial charge in [-0.25, -0.2) is 0 Å². The standard InChI is InChI=1S/C14H21N3O2/c1-16-6-11-8-17(9-12(7-16)19-11)10-3-4-13(15)14(5-10)18-2/h3-5,11-12H,6-9,15H2,1-2H3. The molecule has 2 N–H and O–H groups in total. The highest BCUT2D eigenvalue weighted by Crippen LogP contribution is 2.30. The van der Waals surface area contributed by atoms with Crippen LogP contribution in [0.3, 0.4) is 0 Å². The fourth-order valence-corrected chi connectivity index (χ4v) is 3.00. The summed E-state index contributed by atoms with van der Waals surface area (Å²) in [5.41, 5.74) is 7.71. The number of hydrogen-bond donors (Lipinski definition) is 1. The molecule has 0 radical (unpaired) electrons. The van der Waals surface area contributed by atoms with Gasteiger partial charge in [0.1, 0.15) is 5.75 Å². The number of ether oxygens (including phenoxy) is 2. The molecule has 1 aromatic carbocycles. The van der Waals surface area contributed by atoms with E-state index in [2.05, 4.69) is 22.9 Å². The lowest BCUT2D eigenvalue weighted by Crippen LogP contribution is -2.58. The average Bonchev–Trinajstić information content (AvgIpc) is 2.37. The Hall–Kier alpha value is -1.46. The number of hydrogen-bond acceptors (Lipinski definition) is 5. The SMILES string of the molecule is COc1cc(N2CC3CN(C)CC(C2)O3)ccc1N. The smallest absolute Gasteiger partial charge is 0.143 e. The summed E-state index contributed by atoms with van der Waals surface area (Å²) < 4.78 is 11.3. The summed E-state index contributed by atoms with van der Waals surface area (Å²) >= 11 is 0. The van der Waals surface area contributed by atoms with Crippen molar-refractivity contribution >= 4 is 11.4 Å². The van der Waals surface area contributed by atoms with E-state index in [9.17, 15) is 0 Å². The van der Waals surface area contributed by atoms with Crippen LogP contribution in [0, 0.1) is 0 Å². The molecule has 19 heavy (non-hydrogen) atoms. The van der Waals surface area contributed by atoms with Gasteiger partial charge < -0.3 is 25.0 Å². The van der Waals surface area contributed by atoms with Crippen LogP contribution in [0.5, 0.6) is 5.75 Å². The van der Waals surface area contributed by atoms with E-state index >= 15 is 0 Å². The summed E-state index contributed by atoms with van der Waals surface area (Å²) in [5.74, 6) is 0.742. The van der Waals surface area contributed by atoms with Crippen LogP contribution in [0.4, 0.5) is 11.4 Å². The molecule has 2 unspecified atom stereocenters. The normalized spacial score (nSPS) is 27.4. The van der Waals surface area contributed by atoms with Gasteiger partial charge in [0.25, 0.3) is 0 Å². The summed E-state index contributed by atoms with van der Waals surface area (Å²) in [4.78, 5) is 4.72. The maximum Gasteiger partial charge on any atom is 0.143 e. The quantitative estimate of drug-likeness (QED) is 0.800. The molecule has 0 amide bonds. The minimum Gasteiger partial charge on any atom is -0.495 e. The zero-order valence-electron chi connectivity index (χ0n) is 11.5. The van der Waals surface area contributed by atoms with Crippen LogP contribution in [-0.4, -0.2) is 57.4 Å². The maximum absolute atomic E-state index is 5.99. The van der Waals surface area contributed by atoms with Gasteiger partial charge in [-0.15, -0.1) is 0 Å². The number of nitrogen functional groups attached to an aromatic ring is 1. The molecule has 5 heteroatoms. The van der Waals surface area contributed by atoms with Crippen molar-refractivity contribution in [1.29, 1.82) is 0 Å². The monoisotopic (exact) mass is 263 g/mol. The second-order valence-corrected chi connectivity index (χ2v) is 5.43. The Balaban J connectivity index is 1.80. The molecule has 0 spiro atoms. The van der Waals surface area contributed by atoms with E-state index in [-0.39, 0.29) is 0 Å². The van der Waals surface area contributed by atoms with Crippen molar-refractivity contribution in [2.24, 2.45) is 0 Å². The lowest BCUT2D eigenvalue weighted by atomic mass is 10.1. The highest BCUT2D eigenvalue weighted by molar-refractivity contribution is 5.62. The first-order valence-electron chi connectivity index (χ1n) is 6.68. The van der Waals surface area contributed by atoms with Gasteiger partial charge in [-0.05, 0) is 19.2 Å². The predicted octanol–water partition coefficient (Wildman–Crippen LogP) is 0.797. The number of benzene rings is 1. The number of nitrogens with zero attached hydrogens (tertiary/aromatic N) is 2. The van der Waals surface area contributed by atoms with Crippen LogP contribution in [-0.2, 0) is 4.74 Å². The molecule has 2 fully saturated rings. The van der Waals surface area contributed by atoms with Crippen LogP contribution in [0.15, 0.2) is 18.2 Å². The van der Waals surface area contributed by atoms with E-state index in [0.717, 1.165) is 37.6 Å². The minimum absolute atomic E-state index is 0.293. The largest absolute Gasteiger partial charge is 0.495 e. The number of morpholine rings is 2. The number of methoxy groups -OCH3 is 1. The van der Waals surface area contributed by atoms with Gasteiger partial charge in [-0.3, -0.25) is 0 Å². The Morgan fingerprint density at radius 1 is 1.21 bits per heavy atom. The van der Waals surface area contributed by atoms with E-state index in [4.69, 9.17) is 15.2 Å². The first kappa shape index (κ1) is 12.6. The zero-order valence-corrected chi connectivity index (χ0v) is 11.5. The fraction of sp³-hybridized carbons (Fsp3) is 0.571. The van der Waals surface area contributed by atoms with Gasteiger partial charge in [-0.1, -0.05) is 0 Å². The first-order chi connectivity index (χ1) is 9.15. The molecule has 2 saturated heterocycles. The lowest BCUT2D eigenvalue weighted by molar-refractivity contribution is -0.0875. The van der Waals surface area contributed by atoms with Crippen LogP contribution >= 0.6 is 0 Å². The molecule has 2 heterocycles. The van der Waals surface area contributed by atoms with Crippen molar-refractivity contribution < 1.29 is 9.47 Å². The van der Waals surface area contributed by atoms with E-state index < -0.39 is 0 Å². The van der Waals surface area contributed by atoms with Crippen LogP contribution in [0.2, 0.25) is 0 Å². The van der Waals surface area contributed by atoms with Crippen molar-refractivity contribution in [3.05, 3.63) is 18.2 Å². The molecule has 1 aromatic rings. The van der Waals surface area contributed by atoms with Gasteiger partial charge in [0.05, 0.1) is 25.0 Å². The van der Waals surface area contributed by atoms with E-state index in [1.54, 1.807) is 7.11 Å². The lowest BCUT2D eigenvalue weighted by Gasteiger charge is -2.45. The summed E-state index contributed by atoms with van der Waals surface area (Å²) in [6.45, 7) is 3.85. The first-order valence-corrected chi connectivity index (χ1v) is 6.68. The van der Waals surface area contributed by atoms with Crippen molar-refractivity contribution in [1.82, 2.24) is 4.90 Å². The zero-order chi connectivity index (χ0) is 13.4. The molecule has 3 rings (SSSR count). The van der Waals surface area contributed by atoms with E-state index in [1.165, 1.54) is 0 Å². The Labute approximate surface area is 113 Å². The Morgan fingerprint density at radius 2 is 1.89 bits per heavy atom. The van der Waals surface area contributed by atoms with Gasteiger partial charge in [0.2, 0.25) is 0 Å². The molecular weight excluding hydrogens is 242 g/mol. The minimum atomic E-state index is 0.293. The van der Waals surface area contributed by atoms with Gasteiger partial charge in [0, 0.05) is 37.9 Å². The molecular formula is C14H21N3O2. The predicted molar refractivity (Wildman–Crippen MR) is 75.8 cm³/mol. The molecule has 0 aromatic heterocycles. The second kappa shape index (κ2) is 4.90. The summed E-state index contributed by atoms with van der Waals surface area (Å²) in [6.07, 6.45) is 0.585. The molecule has 2 atom stereocenters. The van der Waals surface area contributed by atoms with Crippen molar-refractivity contribution in [3.63, 3.8) is 0 Å². The number of likely N-dealkylation sites (N-methyl/N-ethyl adjacent to an activating group) is 1. The number of anilines is 2. The highest BCUT2D eigenvalue weighted by atomic mass is 16.5. The topological polar surface area (TPSA) is 51.0 Å². The van der Waals surface area contributed by atoms with Crippen molar-refractivity contribution in [3.8, 4) is 5.75 Å². The van der Waals surface area contributed by atoms with Gasteiger partial charge in [-0.2, -0.15) is 0 Å². The third kappa shape index (κ3) is 2.48. The molecule has 2 bridgehead atoms. The maximum atomic E-state index is 5.99. The number of nitrogens with two attached hydrogens (primary N) is 1. The van der Waals surface area contributed by atoms with Crippen LogP contribution in [0.1, 0.15) is 0 Å². The average molecular weight is 263 g/mol. The van der Waals surface area contributed by atoms with Gasteiger partial charge in [0.15, 0.2) is 0 Å². The molecule has 0 saturated carbocycles. The fourth-order valence-electron chi connectivity index (χ4n) is 3.00. The summed E-state index contributed by atoms with van der Waals surface area (Å²) in [5, 5.41) is 0. The summed E-state index contributed by atoms with van der Waals surface area (Å²) in [7, 11) is 3.81. The summed E-state index contributed by atoms with van der Waals surface area (Å²) in [6, 6.07) is 5.98. The van der Waals surface area contributed by atoms with Crippen LogP contribution in [0.25, 0.3) is 0 Å². The number of fused-ring (bicyclic) bond motifs is 2. The second-order valence-electron chi connectivity index (χ2n) is 5.43. The molecule has 2 aliphatic heterocycles. The van der Waals surface area contributed by atoms with Crippen LogP contribution < -0.4 is 15.4 Å². The highest BCUT2D eigenvalue weighted by Gasteiger charge is 2.33. The van der Waals surface area contributed by atoms with E-state index in [0.29, 0.717) is 17.9 Å². The third-order valence-electron chi connectivity index (χ3n) is 3.85. The third-order valence-corrected chi connectivity index (χ3v) is 3.85. The molecule has 104 valence electrons. The molecule has 0 aliphatic carbocycles. The van der Waals surface area contributed by atoms with Gasteiger partial charge >= 0.3 is 0 Å². The Kier molecular flexibility index (Phi) is 3.24. The number of rotatable bonds is 2. The molecule has 2 aliphatic rings.